The number of likely N-dealkylation sites (tertiary alicyclic amines) is 1. The number of benzene rings is 2. The number of methoxy groups -OCH3 is 1. The third-order valence-electron chi connectivity index (χ3n) is 5.55. The molecule has 1 amide bonds. The van der Waals surface area contributed by atoms with Gasteiger partial charge >= 0.3 is 5.97 Å². The van der Waals surface area contributed by atoms with Crippen molar-refractivity contribution in [1.82, 2.24) is 15.2 Å². The molecular weight excluding hydrogens is 378 g/mol. The summed E-state index contributed by atoms with van der Waals surface area (Å²) in [5.41, 5.74) is 3.47. The van der Waals surface area contributed by atoms with Gasteiger partial charge in [0.1, 0.15) is 11.7 Å². The predicted octanol–water partition coefficient (Wildman–Crippen LogP) is 3.09. The van der Waals surface area contributed by atoms with Crippen LogP contribution in [0.4, 0.5) is 0 Å². The number of nitrogens with one attached hydrogen (secondary N) is 1. The van der Waals surface area contributed by atoms with E-state index >= 15 is 0 Å². The Bertz CT molecular complexity index is 1060. The summed E-state index contributed by atoms with van der Waals surface area (Å²) >= 11 is 0. The molecule has 0 radical (unpaired) electrons. The van der Waals surface area contributed by atoms with E-state index in [4.69, 9.17) is 4.74 Å². The number of aryl methyl sites for hydroxylation is 1. The molecule has 0 bridgehead atoms. The first-order valence-corrected chi connectivity index (χ1v) is 10.1. The summed E-state index contributed by atoms with van der Waals surface area (Å²) in [6.45, 7) is 3.25. The van der Waals surface area contributed by atoms with Gasteiger partial charge in [0.25, 0.3) is 5.91 Å². The van der Waals surface area contributed by atoms with Gasteiger partial charge in [-0.1, -0.05) is 54.1 Å². The smallest absolute Gasteiger partial charge is 0.323 e. The third kappa shape index (κ3) is 4.33. The van der Waals surface area contributed by atoms with Crippen LogP contribution in [0.25, 0.3) is 10.9 Å². The lowest BCUT2D eigenvalue weighted by Crippen LogP contribution is -2.38. The number of aromatic nitrogens is 1. The van der Waals surface area contributed by atoms with Crippen molar-refractivity contribution in [3.63, 3.8) is 0 Å². The van der Waals surface area contributed by atoms with Crippen molar-refractivity contribution in [3.05, 3.63) is 77.5 Å². The highest BCUT2D eigenvalue weighted by Crippen LogP contribution is 2.22. The Morgan fingerprint density at radius 1 is 1.10 bits per heavy atom. The number of pyridine rings is 1. The normalized spacial score (nSPS) is 19.0. The maximum absolute atomic E-state index is 12.8. The molecule has 1 saturated heterocycles. The van der Waals surface area contributed by atoms with Crippen LogP contribution in [0.3, 0.4) is 0 Å². The van der Waals surface area contributed by atoms with Gasteiger partial charge in [-0.05, 0) is 31.0 Å². The minimum absolute atomic E-state index is 0.152. The third-order valence-corrected chi connectivity index (χ3v) is 5.55. The number of fused-ring (bicyclic) bond motifs is 1. The van der Waals surface area contributed by atoms with E-state index in [2.05, 4.69) is 39.5 Å². The van der Waals surface area contributed by atoms with Gasteiger partial charge in [-0.25, -0.2) is 4.98 Å². The molecule has 3 aromatic rings. The number of amides is 1. The molecule has 154 valence electrons. The Hall–Kier alpha value is -3.25. The fourth-order valence-electron chi connectivity index (χ4n) is 3.94. The molecule has 1 N–H and O–H groups in total. The molecule has 6 heteroatoms. The first kappa shape index (κ1) is 20.0. The zero-order valence-corrected chi connectivity index (χ0v) is 17.2. The van der Waals surface area contributed by atoms with E-state index in [9.17, 15) is 9.59 Å². The lowest BCUT2D eigenvalue weighted by molar-refractivity contribution is -0.146. The highest BCUT2D eigenvalue weighted by Gasteiger charge is 2.38. The van der Waals surface area contributed by atoms with E-state index in [0.717, 1.165) is 16.5 Å². The lowest BCUT2D eigenvalue weighted by atomic mass is 10.1. The summed E-state index contributed by atoms with van der Waals surface area (Å²) in [6.07, 6.45) is 0.512. The minimum atomic E-state index is -0.383. The van der Waals surface area contributed by atoms with Crippen molar-refractivity contribution in [1.29, 1.82) is 0 Å². The molecule has 0 aliphatic carbocycles. The molecule has 1 aliphatic rings. The van der Waals surface area contributed by atoms with Gasteiger partial charge < -0.3 is 10.1 Å². The van der Waals surface area contributed by atoms with Crippen LogP contribution in [0.5, 0.6) is 0 Å². The second kappa shape index (κ2) is 8.63. The van der Waals surface area contributed by atoms with Crippen LogP contribution in [-0.2, 0) is 16.1 Å². The molecular formula is C24H25N3O3. The molecule has 1 aromatic heterocycles. The largest absolute Gasteiger partial charge is 0.468 e. The SMILES string of the molecule is COC(=O)[C@@H]1C[C@H](NC(=O)c2ccc3ccccc3n2)CN1Cc1ccc(C)cc1. The van der Waals surface area contributed by atoms with Gasteiger partial charge in [0, 0.05) is 24.5 Å². The lowest BCUT2D eigenvalue weighted by Gasteiger charge is -2.22. The Labute approximate surface area is 175 Å². The summed E-state index contributed by atoms with van der Waals surface area (Å²) in [7, 11) is 1.40. The Balaban J connectivity index is 1.47. The van der Waals surface area contributed by atoms with Gasteiger partial charge in [0.15, 0.2) is 0 Å². The van der Waals surface area contributed by atoms with Gasteiger partial charge in [0.05, 0.1) is 12.6 Å². The number of carbonyl (C=O) groups is 2. The summed E-state index contributed by atoms with van der Waals surface area (Å²) in [5, 5.41) is 4.03. The fourth-order valence-corrected chi connectivity index (χ4v) is 3.94. The van der Waals surface area contributed by atoms with Crippen molar-refractivity contribution in [3.8, 4) is 0 Å². The summed E-state index contributed by atoms with van der Waals surface area (Å²) in [4.78, 5) is 31.6. The highest BCUT2D eigenvalue weighted by molar-refractivity contribution is 5.95. The number of nitrogens with zero attached hydrogens (tertiary/aromatic N) is 2. The maximum Gasteiger partial charge on any atom is 0.323 e. The van der Waals surface area contributed by atoms with E-state index in [1.807, 2.05) is 37.3 Å². The zero-order chi connectivity index (χ0) is 21.1. The van der Waals surface area contributed by atoms with Crippen LogP contribution < -0.4 is 5.32 Å². The molecule has 2 aromatic carbocycles. The number of rotatable bonds is 5. The van der Waals surface area contributed by atoms with Crippen LogP contribution >= 0.6 is 0 Å². The van der Waals surface area contributed by atoms with Crippen molar-refractivity contribution in [2.24, 2.45) is 0 Å². The van der Waals surface area contributed by atoms with E-state index in [0.29, 0.717) is 25.2 Å². The van der Waals surface area contributed by atoms with Crippen LogP contribution in [0.2, 0.25) is 0 Å². The molecule has 1 fully saturated rings. The molecule has 1 aliphatic heterocycles. The van der Waals surface area contributed by atoms with Gasteiger partial charge in [-0.15, -0.1) is 0 Å². The van der Waals surface area contributed by atoms with Crippen molar-refractivity contribution < 1.29 is 14.3 Å². The van der Waals surface area contributed by atoms with Crippen LogP contribution in [-0.4, -0.2) is 47.5 Å². The molecule has 2 atom stereocenters. The molecule has 30 heavy (non-hydrogen) atoms. The van der Waals surface area contributed by atoms with Crippen LogP contribution in [0.15, 0.2) is 60.7 Å². The molecule has 4 rings (SSSR count). The highest BCUT2D eigenvalue weighted by atomic mass is 16.5. The molecule has 0 spiro atoms. The molecule has 0 unspecified atom stereocenters. The standard InChI is InChI=1S/C24H25N3O3/c1-16-7-9-17(10-8-16)14-27-15-19(13-22(27)24(29)30-2)25-23(28)21-12-11-18-5-3-4-6-20(18)26-21/h3-12,19,22H,13-15H2,1-2H3,(H,25,28)/t19-,22-/m0/s1. The second-order valence-corrected chi connectivity index (χ2v) is 7.75. The number of hydrogen-bond acceptors (Lipinski definition) is 5. The fraction of sp³-hybridized carbons (Fsp3) is 0.292. The predicted molar refractivity (Wildman–Crippen MR) is 115 cm³/mol. The Morgan fingerprint density at radius 3 is 2.63 bits per heavy atom. The van der Waals surface area contributed by atoms with Crippen molar-refractivity contribution in [2.45, 2.75) is 32.0 Å². The van der Waals surface area contributed by atoms with E-state index < -0.39 is 0 Å². The van der Waals surface area contributed by atoms with E-state index in [1.54, 1.807) is 6.07 Å². The van der Waals surface area contributed by atoms with Crippen LogP contribution in [0, 0.1) is 6.92 Å². The maximum atomic E-state index is 12.8. The number of para-hydroxylation sites is 1. The minimum Gasteiger partial charge on any atom is -0.468 e. The first-order valence-electron chi connectivity index (χ1n) is 10.1. The Morgan fingerprint density at radius 2 is 1.87 bits per heavy atom. The topological polar surface area (TPSA) is 71.5 Å². The van der Waals surface area contributed by atoms with Gasteiger partial charge in [-0.2, -0.15) is 0 Å². The monoisotopic (exact) mass is 403 g/mol. The number of hydrogen-bond donors (Lipinski definition) is 1. The number of esters is 1. The van der Waals surface area contributed by atoms with E-state index in [1.165, 1.54) is 12.7 Å². The Kier molecular flexibility index (Phi) is 5.77. The second-order valence-electron chi connectivity index (χ2n) is 7.75. The first-order chi connectivity index (χ1) is 14.5. The van der Waals surface area contributed by atoms with Crippen molar-refractivity contribution in [2.75, 3.05) is 13.7 Å². The van der Waals surface area contributed by atoms with Gasteiger partial charge in [0.2, 0.25) is 0 Å². The summed E-state index contributed by atoms with van der Waals surface area (Å²) in [6, 6.07) is 19.0. The molecule has 0 saturated carbocycles. The molecule has 2 heterocycles. The van der Waals surface area contributed by atoms with Crippen LogP contribution in [0.1, 0.15) is 28.0 Å². The summed E-state index contributed by atoms with van der Waals surface area (Å²) < 4.78 is 5.00. The summed E-state index contributed by atoms with van der Waals surface area (Å²) in [5.74, 6) is -0.505. The average molecular weight is 403 g/mol. The van der Waals surface area contributed by atoms with Gasteiger partial charge in [-0.3, -0.25) is 14.5 Å². The van der Waals surface area contributed by atoms with Crippen molar-refractivity contribution >= 4 is 22.8 Å². The number of ether oxygens (including phenoxy) is 1. The number of carbonyl (C=O) groups excluding carboxylic acids is 2. The average Bonchev–Trinajstić information content (AvgIpc) is 3.16. The quantitative estimate of drug-likeness (QED) is 0.663. The zero-order valence-electron chi connectivity index (χ0n) is 17.2. The van der Waals surface area contributed by atoms with E-state index in [-0.39, 0.29) is 24.0 Å². The molecule has 6 nitrogen and oxygen atoms in total.